The molecule has 7 heteroatoms. The second kappa shape index (κ2) is 7.90. The number of carbonyl (C=O) groups excluding carboxylic acids is 1. The van der Waals surface area contributed by atoms with Gasteiger partial charge in [-0.15, -0.1) is 0 Å². The van der Waals surface area contributed by atoms with Crippen LogP contribution < -0.4 is 5.32 Å². The average molecular weight is 380 g/mol. The van der Waals surface area contributed by atoms with Crippen molar-refractivity contribution in [2.75, 3.05) is 25.6 Å². The summed E-state index contributed by atoms with van der Waals surface area (Å²) in [5, 5.41) is 7.28. The minimum absolute atomic E-state index is 0.104. The molecule has 2 amide bonds. The number of ether oxygens (including phenoxy) is 1. The van der Waals surface area contributed by atoms with Crippen LogP contribution in [0.2, 0.25) is 0 Å². The van der Waals surface area contributed by atoms with E-state index in [-0.39, 0.29) is 12.1 Å². The highest BCUT2D eigenvalue weighted by atomic mass is 16.5. The maximum absolute atomic E-state index is 12.7. The minimum Gasteiger partial charge on any atom is -0.459 e. The number of nitrogens with one attached hydrogen (secondary N) is 1. The van der Waals surface area contributed by atoms with Crippen molar-refractivity contribution in [3.63, 3.8) is 0 Å². The lowest BCUT2D eigenvalue weighted by Crippen LogP contribution is -2.38. The Bertz CT molecular complexity index is 948. The quantitative estimate of drug-likeness (QED) is 0.728. The number of benzene rings is 1. The first-order valence-electron chi connectivity index (χ1n) is 9.41. The van der Waals surface area contributed by atoms with Crippen molar-refractivity contribution in [3.8, 4) is 11.3 Å². The lowest BCUT2D eigenvalue weighted by atomic mass is 10.1. The first-order chi connectivity index (χ1) is 13.6. The molecule has 0 radical (unpaired) electrons. The normalized spacial score (nSPS) is 14.6. The molecule has 1 N–H and O–H groups in total. The van der Waals surface area contributed by atoms with Crippen molar-refractivity contribution < 1.29 is 13.9 Å². The van der Waals surface area contributed by atoms with Gasteiger partial charge in [0.15, 0.2) is 5.82 Å². The van der Waals surface area contributed by atoms with E-state index in [0.29, 0.717) is 25.5 Å². The van der Waals surface area contributed by atoms with Gasteiger partial charge in [0.1, 0.15) is 11.5 Å². The van der Waals surface area contributed by atoms with E-state index in [4.69, 9.17) is 9.15 Å². The number of furan rings is 1. The Morgan fingerprint density at radius 2 is 2.14 bits per heavy atom. The number of carbonyl (C=O) groups is 1. The molecular weight excluding hydrogens is 356 g/mol. The van der Waals surface area contributed by atoms with Gasteiger partial charge in [-0.05, 0) is 25.0 Å². The molecule has 3 heterocycles. The Labute approximate surface area is 163 Å². The summed E-state index contributed by atoms with van der Waals surface area (Å²) < 4.78 is 13.0. The minimum atomic E-state index is -0.173. The van der Waals surface area contributed by atoms with E-state index < -0.39 is 0 Å². The van der Waals surface area contributed by atoms with Crippen molar-refractivity contribution in [1.82, 2.24) is 14.7 Å². The molecular formula is C21H24N4O3. The van der Waals surface area contributed by atoms with Gasteiger partial charge >= 0.3 is 6.03 Å². The van der Waals surface area contributed by atoms with Gasteiger partial charge in [0, 0.05) is 31.5 Å². The van der Waals surface area contributed by atoms with Gasteiger partial charge in [-0.25, -0.2) is 4.79 Å². The molecule has 1 aromatic carbocycles. The number of hydrogen-bond donors (Lipinski definition) is 1. The fraction of sp³-hybridized carbons (Fsp3) is 0.333. The molecule has 28 heavy (non-hydrogen) atoms. The molecule has 1 aliphatic heterocycles. The van der Waals surface area contributed by atoms with Crippen LogP contribution in [0.3, 0.4) is 0 Å². The van der Waals surface area contributed by atoms with Crippen LogP contribution in [-0.4, -0.2) is 41.0 Å². The highest BCUT2D eigenvalue weighted by Gasteiger charge is 2.25. The van der Waals surface area contributed by atoms with Crippen molar-refractivity contribution in [2.45, 2.75) is 25.9 Å². The number of amides is 2. The molecule has 1 atom stereocenters. The summed E-state index contributed by atoms with van der Waals surface area (Å²) in [4.78, 5) is 14.4. The zero-order valence-corrected chi connectivity index (χ0v) is 16.1. The third-order valence-electron chi connectivity index (χ3n) is 4.93. The van der Waals surface area contributed by atoms with Gasteiger partial charge in [0.2, 0.25) is 0 Å². The van der Waals surface area contributed by atoms with Crippen LogP contribution in [-0.2, 0) is 17.7 Å². The van der Waals surface area contributed by atoms with Crippen molar-refractivity contribution in [2.24, 2.45) is 0 Å². The largest absolute Gasteiger partial charge is 0.459 e. The molecule has 7 nitrogen and oxygen atoms in total. The summed E-state index contributed by atoms with van der Waals surface area (Å²) in [7, 11) is 1.66. The second-order valence-electron chi connectivity index (χ2n) is 7.01. The standard InChI is InChI=1S/C21H24N4O3/c1-15(14-27-2)25-11-9-20(23-25)22-21(26)24-10-8-17-12-18(28-19(17)13-24)16-6-4-3-5-7-16/h3-7,9,11-12,15H,8,10,13-14H2,1-2H3,(H,22,23,26). The summed E-state index contributed by atoms with van der Waals surface area (Å²) >= 11 is 0. The topological polar surface area (TPSA) is 72.5 Å². The Morgan fingerprint density at radius 1 is 1.32 bits per heavy atom. The molecule has 146 valence electrons. The fourth-order valence-electron chi connectivity index (χ4n) is 3.39. The summed E-state index contributed by atoms with van der Waals surface area (Å²) in [6.45, 7) is 3.67. The molecule has 0 saturated carbocycles. The van der Waals surface area contributed by atoms with Gasteiger partial charge < -0.3 is 14.1 Å². The van der Waals surface area contributed by atoms with Crippen molar-refractivity contribution >= 4 is 11.8 Å². The Kier molecular flexibility index (Phi) is 5.16. The molecule has 0 saturated heterocycles. The van der Waals surface area contributed by atoms with Gasteiger partial charge in [0.25, 0.3) is 0 Å². The number of aromatic nitrogens is 2. The zero-order chi connectivity index (χ0) is 19.5. The predicted molar refractivity (Wildman–Crippen MR) is 106 cm³/mol. The van der Waals surface area contributed by atoms with E-state index in [9.17, 15) is 4.79 Å². The van der Waals surface area contributed by atoms with Crippen LogP contribution in [0.4, 0.5) is 10.6 Å². The molecule has 0 aliphatic carbocycles. The smallest absolute Gasteiger partial charge is 0.323 e. The van der Waals surface area contributed by atoms with Gasteiger partial charge in [-0.1, -0.05) is 30.3 Å². The third-order valence-corrected chi connectivity index (χ3v) is 4.93. The summed E-state index contributed by atoms with van der Waals surface area (Å²) in [6.07, 6.45) is 2.62. The monoisotopic (exact) mass is 380 g/mol. The van der Waals surface area contributed by atoms with Crippen LogP contribution in [0, 0.1) is 0 Å². The van der Waals surface area contributed by atoms with Gasteiger partial charge in [-0.3, -0.25) is 10.00 Å². The van der Waals surface area contributed by atoms with E-state index >= 15 is 0 Å². The van der Waals surface area contributed by atoms with E-state index in [2.05, 4.69) is 16.5 Å². The number of nitrogens with zero attached hydrogens (tertiary/aromatic N) is 3. The highest BCUT2D eigenvalue weighted by Crippen LogP contribution is 2.29. The number of urea groups is 1. The lowest BCUT2D eigenvalue weighted by Gasteiger charge is -2.25. The molecule has 0 bridgehead atoms. The second-order valence-corrected chi connectivity index (χ2v) is 7.01. The fourth-order valence-corrected chi connectivity index (χ4v) is 3.39. The Hall–Kier alpha value is -3.06. The van der Waals surface area contributed by atoms with Crippen LogP contribution in [0.25, 0.3) is 11.3 Å². The predicted octanol–water partition coefficient (Wildman–Crippen LogP) is 3.94. The van der Waals surface area contributed by atoms with Gasteiger partial charge in [-0.2, -0.15) is 5.10 Å². The van der Waals surface area contributed by atoms with E-state index in [1.165, 1.54) is 5.56 Å². The molecule has 0 fully saturated rings. The number of rotatable bonds is 5. The van der Waals surface area contributed by atoms with Crippen LogP contribution in [0.5, 0.6) is 0 Å². The molecule has 0 spiro atoms. The van der Waals surface area contributed by atoms with Gasteiger partial charge in [0.05, 0.1) is 19.2 Å². The zero-order valence-electron chi connectivity index (χ0n) is 16.1. The Morgan fingerprint density at radius 3 is 2.93 bits per heavy atom. The SMILES string of the molecule is COCC(C)n1ccc(NC(=O)N2CCc3cc(-c4ccccc4)oc3C2)n1. The number of anilines is 1. The van der Waals surface area contributed by atoms with Crippen molar-refractivity contribution in [1.29, 1.82) is 0 Å². The Balaban J connectivity index is 1.41. The first-order valence-corrected chi connectivity index (χ1v) is 9.41. The molecule has 4 rings (SSSR count). The highest BCUT2D eigenvalue weighted by molar-refractivity contribution is 5.88. The van der Waals surface area contributed by atoms with E-state index in [1.54, 1.807) is 22.8 Å². The molecule has 1 aliphatic rings. The first kappa shape index (κ1) is 18.3. The maximum atomic E-state index is 12.7. The maximum Gasteiger partial charge on any atom is 0.323 e. The molecule has 3 aromatic rings. The third kappa shape index (κ3) is 3.80. The van der Waals surface area contributed by atoms with Crippen molar-refractivity contribution in [3.05, 3.63) is 60.0 Å². The van der Waals surface area contributed by atoms with Crippen LogP contribution in [0.15, 0.2) is 53.1 Å². The molecule has 2 aromatic heterocycles. The van der Waals surface area contributed by atoms with E-state index in [0.717, 1.165) is 23.5 Å². The van der Waals surface area contributed by atoms with Crippen LogP contribution in [0.1, 0.15) is 24.3 Å². The lowest BCUT2D eigenvalue weighted by molar-refractivity contribution is 0.157. The summed E-state index contributed by atoms with van der Waals surface area (Å²) in [6, 6.07) is 13.8. The number of methoxy groups -OCH3 is 1. The number of fused-ring (bicyclic) bond motifs is 1. The van der Waals surface area contributed by atoms with Crippen LogP contribution >= 0.6 is 0 Å². The molecule has 1 unspecified atom stereocenters. The number of hydrogen-bond acceptors (Lipinski definition) is 4. The summed E-state index contributed by atoms with van der Waals surface area (Å²) in [5.41, 5.74) is 2.21. The van der Waals surface area contributed by atoms with E-state index in [1.807, 2.05) is 43.5 Å². The summed E-state index contributed by atoms with van der Waals surface area (Å²) in [5.74, 6) is 2.22. The average Bonchev–Trinajstić information content (AvgIpc) is 3.35.